The van der Waals surface area contributed by atoms with Crippen molar-refractivity contribution in [1.82, 2.24) is 0 Å². The number of carboxylic acids is 1. The zero-order chi connectivity index (χ0) is 10.3. The number of hydrogen-bond donors (Lipinski definition) is 2. The first kappa shape index (κ1) is 11.6. The van der Waals surface area contributed by atoms with Gasteiger partial charge in [0.2, 0.25) is 0 Å². The fourth-order valence-electron chi connectivity index (χ4n) is 0.972. The van der Waals surface area contributed by atoms with E-state index >= 15 is 0 Å². The van der Waals surface area contributed by atoms with Crippen LogP contribution in [0.25, 0.3) is 0 Å². The molecule has 1 unspecified atom stereocenters. The highest BCUT2D eigenvalue weighted by molar-refractivity contribution is 5.74. The first-order valence-electron chi connectivity index (χ1n) is 4.05. The van der Waals surface area contributed by atoms with Crippen LogP contribution in [0.15, 0.2) is 36.5 Å². The van der Waals surface area contributed by atoms with E-state index in [-0.39, 0.29) is 6.54 Å². The first-order chi connectivity index (χ1) is 6.17. The van der Waals surface area contributed by atoms with Gasteiger partial charge in [0.05, 0.1) is 5.92 Å². The predicted molar refractivity (Wildman–Crippen MR) is 53.3 cm³/mol. The lowest BCUT2D eigenvalue weighted by atomic mass is 9.98. The van der Waals surface area contributed by atoms with Crippen LogP contribution in [0.5, 0.6) is 0 Å². The second-order valence-corrected chi connectivity index (χ2v) is 2.51. The van der Waals surface area contributed by atoms with Crippen molar-refractivity contribution in [3.05, 3.63) is 36.5 Å². The summed E-state index contributed by atoms with van der Waals surface area (Å²) in [5.41, 5.74) is 6.04. The topological polar surface area (TPSA) is 63.3 Å². The molecule has 3 heteroatoms. The Morgan fingerprint density at radius 2 is 2.31 bits per heavy atom. The Balaban J connectivity index is 4.64. The molecule has 0 aromatic carbocycles. The molecular formula is C10H15NO2. The third-order valence-electron chi connectivity index (χ3n) is 1.69. The van der Waals surface area contributed by atoms with E-state index in [0.29, 0.717) is 5.57 Å². The Hall–Kier alpha value is -1.35. The van der Waals surface area contributed by atoms with Gasteiger partial charge >= 0.3 is 5.97 Å². The van der Waals surface area contributed by atoms with Crippen molar-refractivity contribution in [3.8, 4) is 0 Å². The van der Waals surface area contributed by atoms with E-state index in [1.54, 1.807) is 31.2 Å². The Morgan fingerprint density at radius 3 is 2.62 bits per heavy atom. The molecule has 3 N–H and O–H groups in total. The molecule has 0 bridgehead atoms. The van der Waals surface area contributed by atoms with Gasteiger partial charge in [0.25, 0.3) is 0 Å². The highest BCUT2D eigenvalue weighted by atomic mass is 16.4. The van der Waals surface area contributed by atoms with Gasteiger partial charge < -0.3 is 10.8 Å². The van der Waals surface area contributed by atoms with Gasteiger partial charge in [0, 0.05) is 6.54 Å². The third-order valence-corrected chi connectivity index (χ3v) is 1.69. The molecule has 0 aromatic heterocycles. The average Bonchev–Trinajstić information content (AvgIpc) is 2.11. The van der Waals surface area contributed by atoms with Gasteiger partial charge in [-0.15, -0.1) is 0 Å². The van der Waals surface area contributed by atoms with Gasteiger partial charge in [0.1, 0.15) is 0 Å². The lowest BCUT2D eigenvalue weighted by molar-refractivity contribution is -0.139. The molecule has 3 nitrogen and oxygen atoms in total. The SMILES string of the molecule is C=C/C=C\C(=C/C)C(CN)C(=O)O. The molecule has 0 fully saturated rings. The number of hydrogen-bond acceptors (Lipinski definition) is 2. The number of carboxylic acid groups (broad SMARTS) is 1. The Kier molecular flexibility index (Phi) is 5.55. The number of rotatable bonds is 5. The zero-order valence-corrected chi connectivity index (χ0v) is 7.73. The second kappa shape index (κ2) is 6.20. The van der Waals surface area contributed by atoms with E-state index in [2.05, 4.69) is 6.58 Å². The normalized spacial score (nSPS) is 14.5. The lowest BCUT2D eigenvalue weighted by Gasteiger charge is -2.09. The Bertz CT molecular complexity index is 241. The molecule has 0 saturated heterocycles. The molecular weight excluding hydrogens is 166 g/mol. The van der Waals surface area contributed by atoms with Crippen LogP contribution in [0, 0.1) is 5.92 Å². The summed E-state index contributed by atoms with van der Waals surface area (Å²) < 4.78 is 0. The van der Waals surface area contributed by atoms with Crippen LogP contribution in [0.2, 0.25) is 0 Å². The summed E-state index contributed by atoms with van der Waals surface area (Å²) in [7, 11) is 0. The van der Waals surface area contributed by atoms with Gasteiger partial charge in [-0.2, -0.15) is 0 Å². The molecule has 0 spiro atoms. The van der Waals surface area contributed by atoms with Crippen LogP contribution in [0.1, 0.15) is 6.92 Å². The lowest BCUT2D eigenvalue weighted by Crippen LogP contribution is -2.24. The van der Waals surface area contributed by atoms with Crippen LogP contribution in [0.4, 0.5) is 0 Å². The van der Waals surface area contributed by atoms with Crippen LogP contribution < -0.4 is 5.73 Å². The van der Waals surface area contributed by atoms with Crippen molar-refractivity contribution in [2.24, 2.45) is 11.7 Å². The maximum atomic E-state index is 10.7. The van der Waals surface area contributed by atoms with Gasteiger partial charge in [-0.05, 0) is 12.5 Å². The number of allylic oxidation sites excluding steroid dienone is 4. The molecule has 72 valence electrons. The quantitative estimate of drug-likeness (QED) is 0.629. The summed E-state index contributed by atoms with van der Waals surface area (Å²) >= 11 is 0. The summed E-state index contributed by atoms with van der Waals surface area (Å²) in [5, 5.41) is 8.79. The fraction of sp³-hybridized carbons (Fsp3) is 0.300. The number of carbonyl (C=O) groups is 1. The van der Waals surface area contributed by atoms with Crippen LogP contribution >= 0.6 is 0 Å². The van der Waals surface area contributed by atoms with E-state index in [9.17, 15) is 4.79 Å². The maximum Gasteiger partial charge on any atom is 0.312 e. The highest BCUT2D eigenvalue weighted by Gasteiger charge is 2.17. The van der Waals surface area contributed by atoms with E-state index in [0.717, 1.165) is 0 Å². The maximum absolute atomic E-state index is 10.7. The van der Waals surface area contributed by atoms with Gasteiger partial charge in [0.15, 0.2) is 0 Å². The molecule has 13 heavy (non-hydrogen) atoms. The average molecular weight is 181 g/mol. The molecule has 0 heterocycles. The first-order valence-corrected chi connectivity index (χ1v) is 4.05. The molecule has 0 aliphatic carbocycles. The number of nitrogens with two attached hydrogens (primary N) is 1. The highest BCUT2D eigenvalue weighted by Crippen LogP contribution is 2.11. The van der Waals surface area contributed by atoms with Gasteiger partial charge in [-0.1, -0.05) is 30.9 Å². The van der Waals surface area contributed by atoms with Crippen LogP contribution in [-0.4, -0.2) is 17.6 Å². The minimum absolute atomic E-state index is 0.108. The summed E-state index contributed by atoms with van der Waals surface area (Å²) in [6.45, 7) is 5.40. The summed E-state index contributed by atoms with van der Waals surface area (Å²) in [5.74, 6) is -1.52. The second-order valence-electron chi connectivity index (χ2n) is 2.51. The zero-order valence-electron chi connectivity index (χ0n) is 7.73. The minimum atomic E-state index is -0.899. The molecule has 0 saturated carbocycles. The van der Waals surface area contributed by atoms with Crippen LogP contribution in [0.3, 0.4) is 0 Å². The molecule has 0 aliphatic heterocycles. The van der Waals surface area contributed by atoms with Crippen molar-refractivity contribution >= 4 is 5.97 Å². The van der Waals surface area contributed by atoms with Crippen LogP contribution in [-0.2, 0) is 4.79 Å². The Morgan fingerprint density at radius 1 is 1.69 bits per heavy atom. The van der Waals surface area contributed by atoms with Crippen molar-refractivity contribution in [2.75, 3.05) is 6.54 Å². The largest absolute Gasteiger partial charge is 0.481 e. The summed E-state index contributed by atoms with van der Waals surface area (Å²) in [6, 6.07) is 0. The third kappa shape index (κ3) is 3.71. The predicted octanol–water partition coefficient (Wildman–Crippen LogP) is 1.33. The van der Waals surface area contributed by atoms with Gasteiger partial charge in [-0.3, -0.25) is 4.79 Å². The Labute approximate surface area is 78.3 Å². The summed E-state index contributed by atoms with van der Waals surface area (Å²) in [4.78, 5) is 10.7. The van der Waals surface area contributed by atoms with Crippen molar-refractivity contribution in [3.63, 3.8) is 0 Å². The van der Waals surface area contributed by atoms with Crippen molar-refractivity contribution in [2.45, 2.75) is 6.92 Å². The monoisotopic (exact) mass is 181 g/mol. The van der Waals surface area contributed by atoms with E-state index in [4.69, 9.17) is 10.8 Å². The standard InChI is InChI=1S/C10H15NO2/c1-3-5-6-8(4-2)9(7-11)10(12)13/h3-6,9H,1,7,11H2,2H3,(H,12,13)/b6-5-,8-4+. The minimum Gasteiger partial charge on any atom is -0.481 e. The van der Waals surface area contributed by atoms with E-state index < -0.39 is 11.9 Å². The smallest absolute Gasteiger partial charge is 0.312 e. The van der Waals surface area contributed by atoms with E-state index in [1.807, 2.05) is 0 Å². The molecule has 0 radical (unpaired) electrons. The fourth-order valence-corrected chi connectivity index (χ4v) is 0.972. The molecule has 1 atom stereocenters. The molecule has 0 aliphatic rings. The molecule has 0 aromatic rings. The number of aliphatic carboxylic acids is 1. The molecule has 0 amide bonds. The van der Waals surface area contributed by atoms with E-state index in [1.165, 1.54) is 0 Å². The van der Waals surface area contributed by atoms with Crippen molar-refractivity contribution in [1.29, 1.82) is 0 Å². The van der Waals surface area contributed by atoms with Crippen molar-refractivity contribution < 1.29 is 9.90 Å². The van der Waals surface area contributed by atoms with Gasteiger partial charge in [-0.25, -0.2) is 0 Å². The molecule has 0 rings (SSSR count). The summed E-state index contributed by atoms with van der Waals surface area (Å²) in [6.07, 6.45) is 6.74.